The van der Waals surface area contributed by atoms with E-state index in [9.17, 15) is 4.39 Å². The van der Waals surface area contributed by atoms with E-state index in [0.29, 0.717) is 29.7 Å². The number of anilines is 4. The molecule has 0 unspecified atom stereocenters. The lowest BCUT2D eigenvalue weighted by Gasteiger charge is -2.12. The quantitative estimate of drug-likeness (QED) is 0.320. The van der Waals surface area contributed by atoms with Gasteiger partial charge >= 0.3 is 0 Å². The number of fused-ring (bicyclic) bond motifs is 1. The first-order valence-electron chi connectivity index (χ1n) is 10.6. The second-order valence-corrected chi connectivity index (χ2v) is 7.68. The molecule has 2 heterocycles. The van der Waals surface area contributed by atoms with Gasteiger partial charge in [0.2, 0.25) is 11.8 Å². The maximum Gasteiger partial charge on any atom is 0.225 e. The molecule has 0 spiro atoms. The van der Waals surface area contributed by atoms with Crippen LogP contribution in [0.4, 0.5) is 27.5 Å². The molecule has 0 bridgehead atoms. The van der Waals surface area contributed by atoms with E-state index in [2.05, 4.69) is 20.3 Å². The van der Waals surface area contributed by atoms with E-state index in [0.717, 1.165) is 27.7 Å². The maximum atomic E-state index is 13.3. The summed E-state index contributed by atoms with van der Waals surface area (Å²) in [5.41, 5.74) is 16.7. The summed E-state index contributed by atoms with van der Waals surface area (Å²) in [6.45, 7) is 0.366. The third-order valence-electron chi connectivity index (χ3n) is 5.20. The lowest BCUT2D eigenvalue weighted by molar-refractivity contribution is 0.294. The van der Waals surface area contributed by atoms with E-state index < -0.39 is 0 Å². The summed E-state index contributed by atoms with van der Waals surface area (Å²) in [6, 6.07) is 25.0. The highest BCUT2D eigenvalue weighted by molar-refractivity contribution is 5.95. The van der Waals surface area contributed by atoms with Crippen molar-refractivity contribution in [1.29, 1.82) is 0 Å². The standard InChI is InChI=1S/C26H21FN6O/c27-18-8-6-17(7-9-18)23-13-21(28)20-12-19(10-11-22(20)31-23)30-24-14-25(33-26(29)32-24)34-15-16-4-2-1-3-5-16/h1-14H,15H2,(H2,28,31)(H3,29,30,32,33). The molecule has 8 heteroatoms. The van der Waals surface area contributed by atoms with Gasteiger partial charge in [0.25, 0.3) is 0 Å². The maximum absolute atomic E-state index is 13.3. The van der Waals surface area contributed by atoms with Gasteiger partial charge in [0.15, 0.2) is 0 Å². The van der Waals surface area contributed by atoms with Crippen LogP contribution in [0.5, 0.6) is 5.88 Å². The summed E-state index contributed by atoms with van der Waals surface area (Å²) in [7, 11) is 0. The smallest absolute Gasteiger partial charge is 0.225 e. The Kier molecular flexibility index (Phi) is 5.61. The van der Waals surface area contributed by atoms with Crippen LogP contribution in [0.2, 0.25) is 0 Å². The average molecular weight is 452 g/mol. The lowest BCUT2D eigenvalue weighted by atomic mass is 10.1. The third-order valence-corrected chi connectivity index (χ3v) is 5.20. The Morgan fingerprint density at radius 2 is 1.62 bits per heavy atom. The summed E-state index contributed by atoms with van der Waals surface area (Å²) in [5, 5.41) is 4.00. The fourth-order valence-electron chi connectivity index (χ4n) is 3.56. The Bertz CT molecular complexity index is 1460. The Labute approximate surface area is 195 Å². The van der Waals surface area contributed by atoms with Crippen molar-refractivity contribution in [2.75, 3.05) is 16.8 Å². The first-order valence-corrected chi connectivity index (χ1v) is 10.6. The van der Waals surface area contributed by atoms with E-state index >= 15 is 0 Å². The van der Waals surface area contributed by atoms with Gasteiger partial charge in [-0.05, 0) is 54.1 Å². The molecule has 0 amide bonds. The van der Waals surface area contributed by atoms with Crippen LogP contribution in [-0.4, -0.2) is 15.0 Å². The van der Waals surface area contributed by atoms with Crippen molar-refractivity contribution in [3.05, 3.63) is 96.3 Å². The lowest BCUT2D eigenvalue weighted by Crippen LogP contribution is -2.04. The highest BCUT2D eigenvalue weighted by Crippen LogP contribution is 2.30. The zero-order valence-corrected chi connectivity index (χ0v) is 18.1. The van der Waals surface area contributed by atoms with Gasteiger partial charge in [-0.2, -0.15) is 9.97 Å². The zero-order valence-electron chi connectivity index (χ0n) is 18.1. The van der Waals surface area contributed by atoms with Crippen LogP contribution >= 0.6 is 0 Å². The number of nitrogens with zero attached hydrogens (tertiary/aromatic N) is 3. The average Bonchev–Trinajstić information content (AvgIpc) is 2.84. The molecule has 0 fully saturated rings. The largest absolute Gasteiger partial charge is 0.473 e. The highest BCUT2D eigenvalue weighted by Gasteiger charge is 2.09. The number of nitrogens with one attached hydrogen (secondary N) is 1. The van der Waals surface area contributed by atoms with Gasteiger partial charge in [-0.3, -0.25) is 0 Å². The normalized spacial score (nSPS) is 10.9. The van der Waals surface area contributed by atoms with Gasteiger partial charge in [-0.1, -0.05) is 30.3 Å². The molecule has 3 aromatic carbocycles. The molecule has 168 valence electrons. The van der Waals surface area contributed by atoms with E-state index in [1.54, 1.807) is 24.3 Å². The highest BCUT2D eigenvalue weighted by atomic mass is 19.1. The molecular weight excluding hydrogens is 431 g/mol. The van der Waals surface area contributed by atoms with E-state index in [1.165, 1.54) is 12.1 Å². The van der Waals surface area contributed by atoms with E-state index in [1.807, 2.05) is 48.5 Å². The van der Waals surface area contributed by atoms with Crippen molar-refractivity contribution in [2.24, 2.45) is 0 Å². The summed E-state index contributed by atoms with van der Waals surface area (Å²) in [5.74, 6) is 0.653. The van der Waals surface area contributed by atoms with Crippen molar-refractivity contribution in [2.45, 2.75) is 6.61 Å². The van der Waals surface area contributed by atoms with Gasteiger partial charge in [0, 0.05) is 28.4 Å². The number of nitrogen functional groups attached to an aromatic ring is 2. The number of hydrogen-bond acceptors (Lipinski definition) is 7. The second kappa shape index (κ2) is 9.03. The summed E-state index contributed by atoms with van der Waals surface area (Å²) in [6.07, 6.45) is 0. The third kappa shape index (κ3) is 4.71. The molecule has 0 atom stereocenters. The zero-order chi connectivity index (χ0) is 23.5. The minimum absolute atomic E-state index is 0.0963. The van der Waals surface area contributed by atoms with Crippen LogP contribution in [0, 0.1) is 5.82 Å². The van der Waals surface area contributed by atoms with Crippen molar-refractivity contribution >= 4 is 34.0 Å². The summed E-state index contributed by atoms with van der Waals surface area (Å²) < 4.78 is 19.0. The van der Waals surface area contributed by atoms with Gasteiger partial charge < -0.3 is 21.5 Å². The minimum atomic E-state index is -0.299. The topological polar surface area (TPSA) is 112 Å². The van der Waals surface area contributed by atoms with E-state index in [-0.39, 0.29) is 11.8 Å². The number of halogens is 1. The molecular formula is C26H21FN6O. The molecule has 0 aliphatic rings. The van der Waals surface area contributed by atoms with Crippen LogP contribution in [0.3, 0.4) is 0 Å². The van der Waals surface area contributed by atoms with E-state index in [4.69, 9.17) is 16.2 Å². The molecule has 5 rings (SSSR count). The van der Waals surface area contributed by atoms with Crippen molar-refractivity contribution < 1.29 is 9.13 Å². The molecule has 5 aromatic rings. The Morgan fingerprint density at radius 1 is 0.824 bits per heavy atom. The van der Waals surface area contributed by atoms with Crippen LogP contribution in [0.25, 0.3) is 22.2 Å². The number of ether oxygens (including phenoxy) is 1. The Morgan fingerprint density at radius 3 is 2.41 bits per heavy atom. The molecule has 5 N–H and O–H groups in total. The number of benzene rings is 3. The number of rotatable bonds is 6. The second-order valence-electron chi connectivity index (χ2n) is 7.68. The van der Waals surface area contributed by atoms with Gasteiger partial charge in [0.1, 0.15) is 18.2 Å². The summed E-state index contributed by atoms with van der Waals surface area (Å²) >= 11 is 0. The van der Waals surface area contributed by atoms with Crippen LogP contribution in [-0.2, 0) is 6.61 Å². The predicted molar refractivity (Wildman–Crippen MR) is 132 cm³/mol. The Hall–Kier alpha value is -4.72. The fourth-order valence-corrected chi connectivity index (χ4v) is 3.56. The molecule has 7 nitrogen and oxygen atoms in total. The SMILES string of the molecule is Nc1nc(Nc2ccc3nc(-c4ccc(F)cc4)cc(N)c3c2)cc(OCc2ccccc2)n1. The number of aromatic nitrogens is 3. The number of nitrogens with two attached hydrogens (primary N) is 2. The summed E-state index contributed by atoms with van der Waals surface area (Å²) in [4.78, 5) is 13.1. The van der Waals surface area contributed by atoms with Gasteiger partial charge in [-0.25, -0.2) is 9.37 Å². The van der Waals surface area contributed by atoms with Crippen molar-refractivity contribution in [3.8, 4) is 17.1 Å². The molecule has 2 aromatic heterocycles. The van der Waals surface area contributed by atoms with Crippen molar-refractivity contribution in [1.82, 2.24) is 15.0 Å². The molecule has 0 aliphatic heterocycles. The van der Waals surface area contributed by atoms with Crippen LogP contribution in [0.15, 0.2) is 84.9 Å². The molecule has 34 heavy (non-hydrogen) atoms. The molecule has 0 radical (unpaired) electrons. The van der Waals surface area contributed by atoms with Crippen LogP contribution < -0.4 is 21.5 Å². The monoisotopic (exact) mass is 452 g/mol. The molecule has 0 aliphatic carbocycles. The fraction of sp³-hybridized carbons (Fsp3) is 0.0385. The first kappa shape index (κ1) is 21.1. The van der Waals surface area contributed by atoms with Gasteiger partial charge in [-0.15, -0.1) is 0 Å². The number of hydrogen-bond donors (Lipinski definition) is 3. The van der Waals surface area contributed by atoms with Gasteiger partial charge in [0.05, 0.1) is 11.2 Å². The number of pyridine rings is 1. The molecule has 0 saturated carbocycles. The molecule has 0 saturated heterocycles. The minimum Gasteiger partial charge on any atom is -0.473 e. The predicted octanol–water partition coefficient (Wildman–Crippen LogP) is 5.32. The Balaban J connectivity index is 1.38. The van der Waals surface area contributed by atoms with Crippen molar-refractivity contribution in [3.63, 3.8) is 0 Å². The van der Waals surface area contributed by atoms with Crippen LogP contribution in [0.1, 0.15) is 5.56 Å². The first-order chi connectivity index (χ1) is 16.5.